The van der Waals surface area contributed by atoms with Crippen molar-refractivity contribution in [2.75, 3.05) is 26.4 Å². The SMILES string of the molecule is O=C1OCC(COP2(=O)OCCO2)O1. The molecule has 0 aliphatic carbocycles. The smallest absolute Gasteiger partial charge is 0.430 e. The van der Waals surface area contributed by atoms with Crippen LogP contribution in [0.3, 0.4) is 0 Å². The van der Waals surface area contributed by atoms with Gasteiger partial charge >= 0.3 is 14.0 Å². The standard InChI is InChI=1S/C6H9O7P/c7-6-9-3-5(13-6)4-12-14(8)10-1-2-11-14/h5H,1-4H2. The number of hydrogen-bond acceptors (Lipinski definition) is 7. The number of rotatable bonds is 3. The summed E-state index contributed by atoms with van der Waals surface area (Å²) in [6, 6.07) is 0. The summed E-state index contributed by atoms with van der Waals surface area (Å²) in [4.78, 5) is 10.5. The summed E-state index contributed by atoms with van der Waals surface area (Å²) in [7, 11) is -3.39. The zero-order valence-electron chi connectivity index (χ0n) is 7.21. The van der Waals surface area contributed by atoms with Gasteiger partial charge in [0.15, 0.2) is 6.10 Å². The first-order valence-corrected chi connectivity index (χ1v) is 5.51. The first-order chi connectivity index (χ1) is 6.68. The molecule has 2 saturated heterocycles. The van der Waals surface area contributed by atoms with E-state index < -0.39 is 20.1 Å². The lowest BCUT2D eigenvalue weighted by Gasteiger charge is -2.11. The van der Waals surface area contributed by atoms with E-state index in [4.69, 9.17) is 13.6 Å². The van der Waals surface area contributed by atoms with Crippen molar-refractivity contribution >= 4 is 14.0 Å². The molecule has 2 heterocycles. The molecule has 0 spiro atoms. The molecule has 2 aliphatic heterocycles. The molecule has 0 aromatic carbocycles. The Hall–Kier alpha value is -0.620. The maximum Gasteiger partial charge on any atom is 0.508 e. The maximum atomic E-state index is 11.4. The van der Waals surface area contributed by atoms with Crippen molar-refractivity contribution in [2.45, 2.75) is 6.10 Å². The Bertz CT molecular complexity index is 267. The molecule has 1 unspecified atom stereocenters. The molecule has 0 saturated carbocycles. The van der Waals surface area contributed by atoms with Crippen LogP contribution in [0.2, 0.25) is 0 Å². The minimum Gasteiger partial charge on any atom is -0.430 e. The highest BCUT2D eigenvalue weighted by molar-refractivity contribution is 7.48. The van der Waals surface area contributed by atoms with E-state index in [1.807, 2.05) is 0 Å². The fraction of sp³-hybridized carbons (Fsp3) is 0.833. The van der Waals surface area contributed by atoms with E-state index in [-0.39, 0.29) is 26.4 Å². The van der Waals surface area contributed by atoms with Crippen LogP contribution in [0.1, 0.15) is 0 Å². The summed E-state index contributed by atoms with van der Waals surface area (Å²) >= 11 is 0. The van der Waals surface area contributed by atoms with Gasteiger partial charge in [-0.3, -0.25) is 13.6 Å². The highest BCUT2D eigenvalue weighted by atomic mass is 31.2. The molecule has 7 nitrogen and oxygen atoms in total. The number of carbonyl (C=O) groups is 1. The third-order valence-electron chi connectivity index (χ3n) is 1.65. The van der Waals surface area contributed by atoms with Gasteiger partial charge in [0, 0.05) is 0 Å². The van der Waals surface area contributed by atoms with E-state index in [0.717, 1.165) is 0 Å². The number of carbonyl (C=O) groups excluding carboxylic acids is 1. The van der Waals surface area contributed by atoms with Gasteiger partial charge in [-0.05, 0) is 0 Å². The van der Waals surface area contributed by atoms with Gasteiger partial charge in [0.1, 0.15) is 6.61 Å². The molecule has 0 radical (unpaired) electrons. The zero-order valence-corrected chi connectivity index (χ0v) is 8.11. The average Bonchev–Trinajstić information content (AvgIpc) is 2.73. The van der Waals surface area contributed by atoms with Crippen molar-refractivity contribution < 1.29 is 32.4 Å². The Morgan fingerprint density at radius 1 is 1.43 bits per heavy atom. The van der Waals surface area contributed by atoms with Gasteiger partial charge in [-0.15, -0.1) is 0 Å². The van der Waals surface area contributed by atoms with Crippen LogP contribution in [-0.2, 0) is 27.6 Å². The van der Waals surface area contributed by atoms with Gasteiger partial charge in [-0.1, -0.05) is 0 Å². The maximum absolute atomic E-state index is 11.4. The quantitative estimate of drug-likeness (QED) is 0.515. The predicted octanol–water partition coefficient (Wildman–Crippen LogP) is 0.693. The van der Waals surface area contributed by atoms with Crippen LogP contribution in [0.15, 0.2) is 0 Å². The highest BCUT2D eigenvalue weighted by Gasteiger charge is 2.35. The molecular weight excluding hydrogens is 215 g/mol. The molecule has 0 aromatic rings. The minimum absolute atomic E-state index is 0.0526. The van der Waals surface area contributed by atoms with Crippen molar-refractivity contribution in [3.05, 3.63) is 0 Å². The van der Waals surface area contributed by atoms with Crippen LogP contribution in [0.4, 0.5) is 4.79 Å². The molecule has 2 fully saturated rings. The highest BCUT2D eigenvalue weighted by Crippen LogP contribution is 2.52. The zero-order chi connectivity index (χ0) is 10.0. The third-order valence-corrected chi connectivity index (χ3v) is 3.11. The lowest BCUT2D eigenvalue weighted by Crippen LogP contribution is -2.17. The van der Waals surface area contributed by atoms with E-state index >= 15 is 0 Å². The van der Waals surface area contributed by atoms with Gasteiger partial charge in [0.25, 0.3) is 0 Å². The van der Waals surface area contributed by atoms with E-state index in [1.54, 1.807) is 0 Å². The molecule has 0 amide bonds. The van der Waals surface area contributed by atoms with Gasteiger partial charge in [-0.25, -0.2) is 9.36 Å². The molecule has 1 atom stereocenters. The lowest BCUT2D eigenvalue weighted by molar-refractivity contribution is 0.0848. The van der Waals surface area contributed by atoms with Crippen LogP contribution >= 0.6 is 7.82 Å². The van der Waals surface area contributed by atoms with E-state index in [1.165, 1.54) is 0 Å². The largest absolute Gasteiger partial charge is 0.508 e. The van der Waals surface area contributed by atoms with Crippen molar-refractivity contribution in [3.63, 3.8) is 0 Å². The number of ether oxygens (including phenoxy) is 2. The van der Waals surface area contributed by atoms with Crippen LogP contribution < -0.4 is 0 Å². The topological polar surface area (TPSA) is 80.3 Å². The molecule has 14 heavy (non-hydrogen) atoms. The Kier molecular flexibility index (Phi) is 2.73. The first kappa shape index (κ1) is 9.92. The molecule has 0 aromatic heterocycles. The molecular formula is C6H9O7P. The average molecular weight is 224 g/mol. The molecule has 0 N–H and O–H groups in total. The van der Waals surface area contributed by atoms with E-state index in [2.05, 4.69) is 9.47 Å². The minimum atomic E-state index is -3.39. The number of phosphoric acid groups is 1. The molecule has 2 aliphatic rings. The van der Waals surface area contributed by atoms with Crippen LogP contribution in [0.5, 0.6) is 0 Å². The van der Waals surface area contributed by atoms with Gasteiger partial charge < -0.3 is 9.47 Å². The Morgan fingerprint density at radius 2 is 2.14 bits per heavy atom. The van der Waals surface area contributed by atoms with Crippen molar-refractivity contribution in [1.29, 1.82) is 0 Å². The number of cyclic esters (lactones) is 2. The predicted molar refractivity (Wildman–Crippen MR) is 41.7 cm³/mol. The lowest BCUT2D eigenvalue weighted by atomic mass is 10.4. The number of hydrogen-bond donors (Lipinski definition) is 0. The van der Waals surface area contributed by atoms with E-state index in [9.17, 15) is 9.36 Å². The van der Waals surface area contributed by atoms with Gasteiger partial charge in [0.2, 0.25) is 0 Å². The Morgan fingerprint density at radius 3 is 2.71 bits per heavy atom. The molecule has 2 rings (SSSR count). The summed E-state index contributed by atoms with van der Waals surface area (Å²) in [6.07, 6.45) is -1.29. The monoisotopic (exact) mass is 224 g/mol. The third kappa shape index (κ3) is 2.24. The fourth-order valence-corrected chi connectivity index (χ4v) is 2.20. The summed E-state index contributed by atoms with van der Waals surface area (Å²) in [5, 5.41) is 0. The molecule has 80 valence electrons. The van der Waals surface area contributed by atoms with Crippen molar-refractivity contribution in [3.8, 4) is 0 Å². The van der Waals surface area contributed by atoms with Crippen LogP contribution in [0, 0.1) is 0 Å². The fourth-order valence-electron chi connectivity index (χ4n) is 1.03. The van der Waals surface area contributed by atoms with Crippen molar-refractivity contribution in [1.82, 2.24) is 0 Å². The second kappa shape index (κ2) is 3.86. The Labute approximate surface area is 79.8 Å². The summed E-state index contributed by atoms with van der Waals surface area (Å²) in [6.45, 7) is 0.540. The summed E-state index contributed by atoms with van der Waals surface area (Å²) < 4.78 is 34.9. The second-order valence-corrected chi connectivity index (χ2v) is 4.38. The first-order valence-electron chi connectivity index (χ1n) is 4.05. The second-order valence-electron chi connectivity index (χ2n) is 2.71. The normalized spacial score (nSPS) is 30.0. The number of phosphoric ester groups is 1. The van der Waals surface area contributed by atoms with Gasteiger partial charge in [-0.2, -0.15) is 0 Å². The summed E-state index contributed by atoms with van der Waals surface area (Å²) in [5.74, 6) is 0. The van der Waals surface area contributed by atoms with Crippen molar-refractivity contribution in [2.24, 2.45) is 0 Å². The Balaban J connectivity index is 1.76. The molecule has 8 heteroatoms. The van der Waals surface area contributed by atoms with Gasteiger partial charge in [0.05, 0.1) is 19.8 Å². The van der Waals surface area contributed by atoms with E-state index in [0.29, 0.717) is 0 Å². The summed E-state index contributed by atoms with van der Waals surface area (Å²) in [5.41, 5.74) is 0. The molecule has 0 bridgehead atoms. The van der Waals surface area contributed by atoms with Crippen LogP contribution in [-0.4, -0.2) is 38.7 Å². The van der Waals surface area contributed by atoms with Crippen LogP contribution in [0.25, 0.3) is 0 Å².